The van der Waals surface area contributed by atoms with E-state index < -0.39 is 6.55 Å². The van der Waals surface area contributed by atoms with E-state index in [0.717, 1.165) is 22.4 Å². The number of rotatable bonds is 5. The van der Waals surface area contributed by atoms with Gasteiger partial charge in [-0.05, 0) is 35.2 Å². The minimum absolute atomic E-state index is 0.0200. The highest BCUT2D eigenvalue weighted by molar-refractivity contribution is 5.89. The molecule has 0 unspecified atom stereocenters. The van der Waals surface area contributed by atoms with Gasteiger partial charge in [-0.2, -0.15) is 13.9 Å². The van der Waals surface area contributed by atoms with Crippen LogP contribution in [0.3, 0.4) is 0 Å². The Morgan fingerprint density at radius 2 is 2.06 bits per heavy atom. The van der Waals surface area contributed by atoms with Crippen molar-refractivity contribution in [2.24, 2.45) is 5.92 Å². The van der Waals surface area contributed by atoms with Gasteiger partial charge in [0.15, 0.2) is 0 Å². The van der Waals surface area contributed by atoms with Gasteiger partial charge in [-0.15, -0.1) is 0 Å². The summed E-state index contributed by atoms with van der Waals surface area (Å²) in [6.45, 7) is -0.920. The van der Waals surface area contributed by atoms with Gasteiger partial charge in [0.05, 0.1) is 24.4 Å². The molecule has 2 aliphatic rings. The molecular formula is C24H23F2N5O2. The molecule has 2 amide bonds. The van der Waals surface area contributed by atoms with Gasteiger partial charge in [0.2, 0.25) is 11.8 Å². The molecule has 1 atom stereocenters. The number of alkyl halides is 2. The minimum atomic E-state index is -2.68. The van der Waals surface area contributed by atoms with Crippen molar-refractivity contribution in [2.75, 3.05) is 13.1 Å². The van der Waals surface area contributed by atoms with Gasteiger partial charge in [0.25, 0.3) is 0 Å². The van der Waals surface area contributed by atoms with E-state index in [1.807, 2.05) is 36.4 Å². The molecule has 0 bridgehead atoms. The first-order valence-electron chi connectivity index (χ1n) is 10.9. The SMILES string of the molecule is O=C1C[C@@H](C(=O)N2CCc3c(cccc3-c3cnn(C(F)F)c3)C2)CN1Cc1ccccn1. The van der Waals surface area contributed by atoms with E-state index in [1.165, 1.54) is 12.4 Å². The van der Waals surface area contributed by atoms with Crippen molar-refractivity contribution in [3.05, 3.63) is 71.8 Å². The molecule has 1 fully saturated rings. The topological polar surface area (TPSA) is 71.3 Å². The Hall–Kier alpha value is -3.62. The standard InChI is InChI=1S/C24H23F2N5O2/c25-24(26)31-14-18(11-28-31)20-6-3-4-16-12-29(9-7-21(16)20)23(33)17-10-22(32)30(13-17)15-19-5-1-2-8-27-19/h1-6,8,11,14,17,24H,7,9-10,12-13,15H2/t17-/m1/s1. The number of amides is 2. The average molecular weight is 451 g/mol. The van der Waals surface area contributed by atoms with Crippen molar-refractivity contribution < 1.29 is 18.4 Å². The predicted molar refractivity (Wildman–Crippen MR) is 116 cm³/mol. The molecule has 0 N–H and O–H groups in total. The van der Waals surface area contributed by atoms with Crippen LogP contribution in [0.1, 0.15) is 29.8 Å². The van der Waals surface area contributed by atoms with Crippen molar-refractivity contribution in [1.82, 2.24) is 24.6 Å². The van der Waals surface area contributed by atoms with Crippen LogP contribution in [0.5, 0.6) is 0 Å². The third-order valence-electron chi connectivity index (χ3n) is 6.33. The van der Waals surface area contributed by atoms with Crippen molar-refractivity contribution in [3.63, 3.8) is 0 Å². The van der Waals surface area contributed by atoms with Crippen LogP contribution in [0, 0.1) is 5.92 Å². The number of pyridine rings is 1. The van der Waals surface area contributed by atoms with E-state index in [-0.39, 0.29) is 24.2 Å². The Morgan fingerprint density at radius 3 is 2.82 bits per heavy atom. The molecule has 4 heterocycles. The molecule has 0 radical (unpaired) electrons. The number of nitrogens with zero attached hydrogens (tertiary/aromatic N) is 5. The molecule has 0 aliphatic carbocycles. The smallest absolute Gasteiger partial charge is 0.333 e. The summed E-state index contributed by atoms with van der Waals surface area (Å²) in [4.78, 5) is 33.5. The zero-order valence-corrected chi connectivity index (χ0v) is 17.9. The Morgan fingerprint density at radius 1 is 1.18 bits per heavy atom. The molecular weight excluding hydrogens is 428 g/mol. The first kappa shape index (κ1) is 21.2. The first-order valence-corrected chi connectivity index (χ1v) is 10.9. The van der Waals surface area contributed by atoms with Gasteiger partial charge in [-0.3, -0.25) is 14.6 Å². The van der Waals surface area contributed by atoms with E-state index in [1.54, 1.807) is 16.0 Å². The number of benzene rings is 1. The summed E-state index contributed by atoms with van der Waals surface area (Å²) >= 11 is 0. The van der Waals surface area contributed by atoms with Crippen LogP contribution >= 0.6 is 0 Å². The molecule has 170 valence electrons. The summed E-state index contributed by atoms with van der Waals surface area (Å²) in [7, 11) is 0. The molecule has 3 aromatic rings. The Kier molecular flexibility index (Phi) is 5.62. The predicted octanol–water partition coefficient (Wildman–Crippen LogP) is 3.27. The van der Waals surface area contributed by atoms with Gasteiger partial charge in [0.1, 0.15) is 0 Å². The van der Waals surface area contributed by atoms with E-state index in [4.69, 9.17) is 0 Å². The van der Waals surface area contributed by atoms with Crippen LogP contribution in [-0.4, -0.2) is 49.5 Å². The summed E-state index contributed by atoms with van der Waals surface area (Å²) in [5, 5.41) is 3.74. The van der Waals surface area contributed by atoms with Crippen molar-refractivity contribution in [3.8, 4) is 11.1 Å². The molecule has 0 spiro atoms. The summed E-state index contributed by atoms with van der Waals surface area (Å²) < 4.78 is 26.5. The average Bonchev–Trinajstić information content (AvgIpc) is 3.46. The molecule has 1 aromatic carbocycles. The highest BCUT2D eigenvalue weighted by atomic mass is 19.3. The molecule has 33 heavy (non-hydrogen) atoms. The number of carbonyl (C=O) groups excluding carboxylic acids is 2. The van der Waals surface area contributed by atoms with Crippen molar-refractivity contribution in [2.45, 2.75) is 32.5 Å². The number of halogens is 2. The number of likely N-dealkylation sites (tertiary alicyclic amines) is 1. The maximum atomic E-state index is 13.2. The molecule has 7 nitrogen and oxygen atoms in total. The van der Waals surface area contributed by atoms with Crippen LogP contribution in [0.25, 0.3) is 11.1 Å². The molecule has 2 aliphatic heterocycles. The lowest BCUT2D eigenvalue weighted by atomic mass is 9.91. The second-order valence-corrected chi connectivity index (χ2v) is 8.44. The zero-order chi connectivity index (χ0) is 22.9. The maximum Gasteiger partial charge on any atom is 0.333 e. The van der Waals surface area contributed by atoms with E-state index in [9.17, 15) is 18.4 Å². The van der Waals surface area contributed by atoms with Gasteiger partial charge in [0, 0.05) is 44.0 Å². The summed E-state index contributed by atoms with van der Waals surface area (Å²) in [5.74, 6) is -0.418. The molecule has 0 saturated carbocycles. The summed E-state index contributed by atoms with van der Waals surface area (Å²) in [6, 6.07) is 11.3. The monoisotopic (exact) mass is 451 g/mol. The summed E-state index contributed by atoms with van der Waals surface area (Å²) in [5.41, 5.74) is 4.34. The van der Waals surface area contributed by atoms with Gasteiger partial charge in [-0.1, -0.05) is 24.3 Å². The second-order valence-electron chi connectivity index (χ2n) is 8.44. The fraction of sp³-hybridized carbons (Fsp3) is 0.333. The third kappa shape index (κ3) is 4.22. The number of carbonyl (C=O) groups is 2. The number of hydrogen-bond acceptors (Lipinski definition) is 4. The third-order valence-corrected chi connectivity index (χ3v) is 6.33. The highest BCUT2D eigenvalue weighted by Crippen LogP contribution is 2.32. The summed E-state index contributed by atoms with van der Waals surface area (Å²) in [6.07, 6.45) is 5.31. The number of hydrogen-bond donors (Lipinski definition) is 0. The lowest BCUT2D eigenvalue weighted by molar-refractivity contribution is -0.136. The van der Waals surface area contributed by atoms with Gasteiger partial charge >= 0.3 is 6.55 Å². The van der Waals surface area contributed by atoms with Gasteiger partial charge < -0.3 is 9.80 Å². The van der Waals surface area contributed by atoms with Crippen LogP contribution < -0.4 is 0 Å². The van der Waals surface area contributed by atoms with Crippen LogP contribution in [-0.2, 0) is 29.1 Å². The fourth-order valence-corrected chi connectivity index (χ4v) is 4.69. The largest absolute Gasteiger partial charge is 0.338 e. The second kappa shape index (κ2) is 8.73. The number of aromatic nitrogens is 3. The van der Waals surface area contributed by atoms with E-state index >= 15 is 0 Å². The molecule has 1 saturated heterocycles. The molecule has 2 aromatic heterocycles. The number of fused-ring (bicyclic) bond motifs is 1. The Balaban J connectivity index is 1.28. The van der Waals surface area contributed by atoms with Crippen LogP contribution in [0.4, 0.5) is 8.78 Å². The fourth-order valence-electron chi connectivity index (χ4n) is 4.69. The first-order chi connectivity index (χ1) is 16.0. The van der Waals surface area contributed by atoms with Gasteiger partial charge in [-0.25, -0.2) is 4.68 Å². The van der Waals surface area contributed by atoms with Crippen LogP contribution in [0.2, 0.25) is 0 Å². The van der Waals surface area contributed by atoms with Crippen molar-refractivity contribution >= 4 is 11.8 Å². The molecule has 9 heteroatoms. The van der Waals surface area contributed by atoms with E-state index in [2.05, 4.69) is 10.1 Å². The van der Waals surface area contributed by atoms with Crippen LogP contribution in [0.15, 0.2) is 55.0 Å². The normalized spacial score (nSPS) is 18.2. The Bertz CT molecular complexity index is 1180. The lowest BCUT2D eigenvalue weighted by Crippen LogP contribution is -2.40. The lowest BCUT2D eigenvalue weighted by Gasteiger charge is -2.32. The van der Waals surface area contributed by atoms with Crippen molar-refractivity contribution in [1.29, 1.82) is 0 Å². The minimum Gasteiger partial charge on any atom is -0.338 e. The zero-order valence-electron chi connectivity index (χ0n) is 17.9. The molecule has 5 rings (SSSR count). The maximum absolute atomic E-state index is 13.2. The Labute approximate surface area is 189 Å². The quantitative estimate of drug-likeness (QED) is 0.597. The van der Waals surface area contributed by atoms with E-state index in [0.29, 0.717) is 42.8 Å². The highest BCUT2D eigenvalue weighted by Gasteiger charge is 2.37.